The van der Waals surface area contributed by atoms with E-state index >= 15 is 0 Å². The molecule has 19 heavy (non-hydrogen) atoms. The normalized spacial score (nSPS) is 10.5. The van der Waals surface area contributed by atoms with Gasteiger partial charge >= 0.3 is 0 Å². The molecule has 0 aliphatic rings. The highest BCUT2D eigenvalue weighted by atomic mass is 19.1. The Labute approximate surface area is 110 Å². The van der Waals surface area contributed by atoms with Crippen LogP contribution in [0.3, 0.4) is 0 Å². The quantitative estimate of drug-likeness (QED) is 0.925. The minimum absolute atomic E-state index is 0.236. The average Bonchev–Trinajstić information content (AvgIpc) is 2.37. The number of benzene rings is 1. The molecule has 0 atom stereocenters. The summed E-state index contributed by atoms with van der Waals surface area (Å²) in [7, 11) is 1.77. The predicted octanol–water partition coefficient (Wildman–Crippen LogP) is 2.89. The Kier molecular flexibility index (Phi) is 3.64. The topological polar surface area (TPSA) is 42.2 Å². The summed E-state index contributed by atoms with van der Waals surface area (Å²) in [5.74, 6) is -0.220. The number of aromatic nitrogens is 1. The number of hydrogen-bond acceptors (Lipinski definition) is 3. The smallest absolute Gasteiger partial charge is 0.128 e. The van der Waals surface area contributed by atoms with Crippen molar-refractivity contribution in [3.05, 3.63) is 53.2 Å². The van der Waals surface area contributed by atoms with E-state index in [0.717, 1.165) is 12.1 Å². The van der Waals surface area contributed by atoms with Gasteiger partial charge in [-0.1, -0.05) is 0 Å². The molecule has 1 heterocycles. The van der Waals surface area contributed by atoms with Gasteiger partial charge in [-0.2, -0.15) is 0 Å². The second-order valence-electron chi connectivity index (χ2n) is 4.44. The average molecular weight is 263 g/mol. The monoisotopic (exact) mass is 263 g/mol. The van der Waals surface area contributed by atoms with Crippen molar-refractivity contribution in [2.45, 2.75) is 13.5 Å². The zero-order chi connectivity index (χ0) is 14.0. The first kappa shape index (κ1) is 13.3. The highest BCUT2D eigenvalue weighted by molar-refractivity contribution is 5.50. The minimum Gasteiger partial charge on any atom is -0.397 e. The number of anilines is 2. The zero-order valence-electron chi connectivity index (χ0n) is 10.8. The van der Waals surface area contributed by atoms with E-state index in [4.69, 9.17) is 5.73 Å². The first-order chi connectivity index (χ1) is 8.97. The molecule has 2 rings (SSSR count). The van der Waals surface area contributed by atoms with Crippen molar-refractivity contribution in [1.29, 1.82) is 0 Å². The Morgan fingerprint density at radius 3 is 2.63 bits per heavy atom. The number of rotatable bonds is 3. The highest BCUT2D eigenvalue weighted by Crippen LogP contribution is 2.18. The summed E-state index contributed by atoms with van der Waals surface area (Å²) >= 11 is 0. The van der Waals surface area contributed by atoms with Gasteiger partial charge in [0.1, 0.15) is 17.5 Å². The van der Waals surface area contributed by atoms with Gasteiger partial charge in [0.05, 0.1) is 11.4 Å². The molecule has 5 heteroatoms. The zero-order valence-corrected chi connectivity index (χ0v) is 10.8. The van der Waals surface area contributed by atoms with Crippen LogP contribution in [0, 0.1) is 18.6 Å². The van der Waals surface area contributed by atoms with Crippen molar-refractivity contribution in [2.24, 2.45) is 0 Å². The lowest BCUT2D eigenvalue weighted by molar-refractivity contribution is 0.583. The molecule has 0 aliphatic carbocycles. The molecule has 0 saturated heterocycles. The van der Waals surface area contributed by atoms with Gasteiger partial charge < -0.3 is 10.6 Å². The maximum atomic E-state index is 13.6. The number of nitrogen functional groups attached to an aromatic ring is 1. The molecule has 3 nitrogen and oxygen atoms in total. The molecular formula is C14H15F2N3. The Morgan fingerprint density at radius 1 is 1.21 bits per heavy atom. The Balaban J connectivity index is 2.22. The Morgan fingerprint density at radius 2 is 1.95 bits per heavy atom. The summed E-state index contributed by atoms with van der Waals surface area (Å²) in [5, 5.41) is 0. The van der Waals surface area contributed by atoms with Crippen molar-refractivity contribution in [3.63, 3.8) is 0 Å². The van der Waals surface area contributed by atoms with Gasteiger partial charge in [0, 0.05) is 19.2 Å². The van der Waals surface area contributed by atoms with Crippen LogP contribution in [0.1, 0.15) is 11.3 Å². The van der Waals surface area contributed by atoms with Crippen LogP contribution < -0.4 is 10.6 Å². The van der Waals surface area contributed by atoms with Crippen LogP contribution in [-0.4, -0.2) is 12.0 Å². The number of pyridine rings is 1. The number of nitrogens with zero attached hydrogens (tertiary/aromatic N) is 2. The van der Waals surface area contributed by atoms with E-state index in [-0.39, 0.29) is 6.54 Å². The van der Waals surface area contributed by atoms with Crippen molar-refractivity contribution >= 4 is 11.5 Å². The number of hydrogen-bond donors (Lipinski definition) is 1. The lowest BCUT2D eigenvalue weighted by atomic mass is 10.2. The second-order valence-corrected chi connectivity index (χ2v) is 4.44. The summed E-state index contributed by atoms with van der Waals surface area (Å²) < 4.78 is 26.7. The van der Waals surface area contributed by atoms with E-state index in [1.54, 1.807) is 31.0 Å². The van der Waals surface area contributed by atoms with E-state index in [1.165, 1.54) is 6.07 Å². The van der Waals surface area contributed by atoms with Gasteiger partial charge in [0.2, 0.25) is 0 Å². The van der Waals surface area contributed by atoms with Gasteiger partial charge in [-0.3, -0.25) is 0 Å². The van der Waals surface area contributed by atoms with E-state index in [2.05, 4.69) is 4.98 Å². The Hall–Kier alpha value is -2.17. The molecule has 1 aromatic heterocycles. The van der Waals surface area contributed by atoms with Crippen molar-refractivity contribution in [3.8, 4) is 0 Å². The van der Waals surface area contributed by atoms with Crippen molar-refractivity contribution in [2.75, 3.05) is 17.7 Å². The number of halogens is 2. The van der Waals surface area contributed by atoms with Crippen LogP contribution in [-0.2, 0) is 6.54 Å². The van der Waals surface area contributed by atoms with Crippen molar-refractivity contribution in [1.82, 2.24) is 4.98 Å². The van der Waals surface area contributed by atoms with Gasteiger partial charge in [-0.05, 0) is 37.3 Å². The molecule has 0 spiro atoms. The molecule has 100 valence electrons. The minimum atomic E-state index is -0.453. The van der Waals surface area contributed by atoms with Crippen LogP contribution in [0.25, 0.3) is 0 Å². The van der Waals surface area contributed by atoms with Crippen LogP contribution in [0.15, 0.2) is 30.3 Å². The van der Waals surface area contributed by atoms with E-state index in [1.807, 2.05) is 0 Å². The molecule has 0 aliphatic heterocycles. The van der Waals surface area contributed by atoms with Crippen molar-refractivity contribution < 1.29 is 8.78 Å². The molecule has 0 bridgehead atoms. The first-order valence-electron chi connectivity index (χ1n) is 5.85. The lowest BCUT2D eigenvalue weighted by Crippen LogP contribution is -2.19. The maximum Gasteiger partial charge on any atom is 0.128 e. The Bertz CT molecular complexity index is 599. The molecule has 0 amide bonds. The van der Waals surface area contributed by atoms with E-state index in [0.29, 0.717) is 22.8 Å². The summed E-state index contributed by atoms with van der Waals surface area (Å²) in [6.07, 6.45) is 0. The molecular weight excluding hydrogens is 248 g/mol. The molecule has 0 fully saturated rings. The molecule has 0 saturated carbocycles. The standard InChI is InChI=1S/C14H15F2N3/c1-9-13(17)5-6-14(18-9)19(2)8-10-7-11(15)3-4-12(10)16/h3-7H,8,17H2,1-2H3. The predicted molar refractivity (Wildman–Crippen MR) is 71.9 cm³/mol. The van der Waals surface area contributed by atoms with Crippen LogP contribution in [0.5, 0.6) is 0 Å². The summed E-state index contributed by atoms with van der Waals surface area (Å²) in [6.45, 7) is 2.04. The van der Waals surface area contributed by atoms with Crippen LogP contribution in [0.2, 0.25) is 0 Å². The molecule has 0 unspecified atom stereocenters. The van der Waals surface area contributed by atoms with Gasteiger partial charge in [0.25, 0.3) is 0 Å². The molecule has 2 N–H and O–H groups in total. The third kappa shape index (κ3) is 2.99. The SMILES string of the molecule is Cc1nc(N(C)Cc2cc(F)ccc2F)ccc1N. The summed E-state index contributed by atoms with van der Waals surface area (Å²) in [6, 6.07) is 6.91. The highest BCUT2D eigenvalue weighted by Gasteiger charge is 2.09. The maximum absolute atomic E-state index is 13.6. The fraction of sp³-hybridized carbons (Fsp3) is 0.214. The van der Waals surface area contributed by atoms with Gasteiger partial charge in [0.15, 0.2) is 0 Å². The van der Waals surface area contributed by atoms with Crippen LogP contribution in [0.4, 0.5) is 20.3 Å². The summed E-state index contributed by atoms with van der Waals surface area (Å²) in [5.41, 5.74) is 7.30. The fourth-order valence-electron chi connectivity index (χ4n) is 1.77. The molecule has 0 radical (unpaired) electrons. The fourth-order valence-corrected chi connectivity index (χ4v) is 1.77. The summed E-state index contributed by atoms with van der Waals surface area (Å²) in [4.78, 5) is 6.05. The van der Waals surface area contributed by atoms with E-state index < -0.39 is 11.6 Å². The molecule has 1 aromatic carbocycles. The van der Waals surface area contributed by atoms with E-state index in [9.17, 15) is 8.78 Å². The number of nitrogens with two attached hydrogens (primary N) is 1. The van der Waals surface area contributed by atoms with Gasteiger partial charge in [-0.25, -0.2) is 13.8 Å². The molecule has 2 aromatic rings. The second kappa shape index (κ2) is 5.22. The third-order valence-corrected chi connectivity index (χ3v) is 2.92. The first-order valence-corrected chi connectivity index (χ1v) is 5.85. The lowest BCUT2D eigenvalue weighted by Gasteiger charge is -2.19. The van der Waals surface area contributed by atoms with Gasteiger partial charge in [-0.15, -0.1) is 0 Å². The van der Waals surface area contributed by atoms with Crippen LogP contribution >= 0.6 is 0 Å². The third-order valence-electron chi connectivity index (χ3n) is 2.92. The largest absolute Gasteiger partial charge is 0.397 e. The number of aryl methyl sites for hydroxylation is 1.